The average Bonchev–Trinajstić information content (AvgIpc) is 2.26. The van der Waals surface area contributed by atoms with Gasteiger partial charge in [-0.15, -0.1) is 0 Å². The fraction of sp³-hybridized carbons (Fsp3) is 0.667. The Kier molecular flexibility index (Phi) is 4.06. The highest BCUT2D eigenvalue weighted by Gasteiger charge is 2.20. The van der Waals surface area contributed by atoms with Crippen molar-refractivity contribution >= 4 is 0 Å². The smallest absolute Gasteiger partial charge is 0.316 e. The minimum atomic E-state index is 0.155. The second-order valence-electron chi connectivity index (χ2n) is 4.45. The van der Waals surface area contributed by atoms with Gasteiger partial charge < -0.3 is 4.74 Å². The molecule has 0 fully saturated rings. The number of nitrogens with zero attached hydrogens (tertiary/aromatic N) is 2. The molecule has 15 heavy (non-hydrogen) atoms. The van der Waals surface area contributed by atoms with E-state index >= 15 is 0 Å². The number of unbranched alkanes of at least 4 members (excludes halogenated alkanes) is 1. The van der Waals surface area contributed by atoms with Gasteiger partial charge in [0, 0.05) is 12.4 Å². The molecule has 0 atom stereocenters. The molecule has 1 heterocycles. The summed E-state index contributed by atoms with van der Waals surface area (Å²) in [6, 6.07) is 0.435. The summed E-state index contributed by atoms with van der Waals surface area (Å²) in [6.07, 6.45) is 7.35. The van der Waals surface area contributed by atoms with E-state index in [-0.39, 0.29) is 5.41 Å². The van der Waals surface area contributed by atoms with Crippen molar-refractivity contribution in [2.24, 2.45) is 0 Å². The molecule has 0 amide bonds. The van der Waals surface area contributed by atoms with Crippen molar-refractivity contribution in [2.75, 3.05) is 7.11 Å². The van der Waals surface area contributed by atoms with E-state index in [1.807, 2.05) is 12.4 Å². The summed E-state index contributed by atoms with van der Waals surface area (Å²) < 4.78 is 4.94. The molecule has 0 unspecified atom stereocenters. The zero-order valence-electron chi connectivity index (χ0n) is 10.1. The van der Waals surface area contributed by atoms with Gasteiger partial charge in [-0.05, 0) is 17.4 Å². The van der Waals surface area contributed by atoms with Crippen molar-refractivity contribution in [1.82, 2.24) is 9.97 Å². The first-order valence-corrected chi connectivity index (χ1v) is 5.46. The van der Waals surface area contributed by atoms with Crippen LogP contribution in [0.3, 0.4) is 0 Å². The Labute approximate surface area is 91.9 Å². The predicted octanol–water partition coefficient (Wildman–Crippen LogP) is 2.95. The van der Waals surface area contributed by atoms with E-state index < -0.39 is 0 Å². The van der Waals surface area contributed by atoms with Crippen LogP contribution >= 0.6 is 0 Å². The lowest BCUT2D eigenvalue weighted by molar-refractivity contribution is 0.376. The van der Waals surface area contributed by atoms with E-state index in [9.17, 15) is 0 Å². The van der Waals surface area contributed by atoms with Crippen LogP contribution < -0.4 is 4.74 Å². The van der Waals surface area contributed by atoms with Crippen LogP contribution in [-0.4, -0.2) is 17.1 Å². The van der Waals surface area contributed by atoms with E-state index in [0.717, 1.165) is 0 Å². The molecule has 0 aromatic carbocycles. The number of ether oxygens (including phenoxy) is 1. The molecule has 0 aliphatic heterocycles. The third kappa shape index (κ3) is 3.18. The van der Waals surface area contributed by atoms with Crippen LogP contribution in [0.2, 0.25) is 0 Å². The van der Waals surface area contributed by atoms with Crippen LogP contribution in [-0.2, 0) is 5.41 Å². The maximum atomic E-state index is 4.94. The number of methoxy groups -OCH3 is 1. The highest BCUT2D eigenvalue weighted by Crippen LogP contribution is 2.28. The number of rotatable bonds is 5. The molecule has 1 aromatic heterocycles. The van der Waals surface area contributed by atoms with Gasteiger partial charge in [0.15, 0.2) is 0 Å². The third-order valence-electron chi connectivity index (χ3n) is 2.75. The van der Waals surface area contributed by atoms with Crippen molar-refractivity contribution in [3.8, 4) is 6.01 Å². The Hall–Kier alpha value is -1.12. The van der Waals surface area contributed by atoms with E-state index in [0.29, 0.717) is 6.01 Å². The summed E-state index contributed by atoms with van der Waals surface area (Å²) in [5.74, 6) is 0. The zero-order valence-corrected chi connectivity index (χ0v) is 10.1. The molecule has 1 aromatic rings. The lowest BCUT2D eigenvalue weighted by Gasteiger charge is -2.24. The predicted molar refractivity (Wildman–Crippen MR) is 61.1 cm³/mol. The van der Waals surface area contributed by atoms with Gasteiger partial charge in [0.05, 0.1) is 7.11 Å². The van der Waals surface area contributed by atoms with Gasteiger partial charge in [-0.3, -0.25) is 0 Å². The van der Waals surface area contributed by atoms with Crippen LogP contribution in [0.15, 0.2) is 12.4 Å². The van der Waals surface area contributed by atoms with Crippen molar-refractivity contribution in [1.29, 1.82) is 0 Å². The molecule has 84 valence electrons. The Morgan fingerprint density at radius 3 is 2.33 bits per heavy atom. The maximum absolute atomic E-state index is 4.94. The molecule has 0 aliphatic rings. The first-order chi connectivity index (χ1) is 7.10. The Bertz CT molecular complexity index is 293. The van der Waals surface area contributed by atoms with Gasteiger partial charge in [0.2, 0.25) is 0 Å². The molecule has 0 spiro atoms. The summed E-state index contributed by atoms with van der Waals surface area (Å²) in [4.78, 5) is 8.28. The second-order valence-corrected chi connectivity index (χ2v) is 4.45. The monoisotopic (exact) mass is 208 g/mol. The summed E-state index contributed by atoms with van der Waals surface area (Å²) >= 11 is 0. The zero-order chi connectivity index (χ0) is 11.3. The van der Waals surface area contributed by atoms with E-state index in [4.69, 9.17) is 4.74 Å². The molecule has 0 saturated heterocycles. The number of aromatic nitrogens is 2. The first kappa shape index (κ1) is 12.0. The average molecular weight is 208 g/mol. The molecule has 1 rings (SSSR count). The second kappa shape index (κ2) is 5.10. The van der Waals surface area contributed by atoms with Crippen LogP contribution in [0.4, 0.5) is 0 Å². The van der Waals surface area contributed by atoms with Crippen molar-refractivity contribution in [2.45, 2.75) is 45.4 Å². The van der Waals surface area contributed by atoms with E-state index in [2.05, 4.69) is 30.7 Å². The normalized spacial score (nSPS) is 11.5. The third-order valence-corrected chi connectivity index (χ3v) is 2.75. The van der Waals surface area contributed by atoms with Crippen LogP contribution in [0.5, 0.6) is 6.01 Å². The highest BCUT2D eigenvalue weighted by molar-refractivity contribution is 5.17. The number of hydrogen-bond acceptors (Lipinski definition) is 3. The lowest BCUT2D eigenvalue weighted by Crippen LogP contribution is -2.17. The summed E-state index contributed by atoms with van der Waals surface area (Å²) in [5.41, 5.74) is 1.33. The maximum Gasteiger partial charge on any atom is 0.316 e. The van der Waals surface area contributed by atoms with E-state index in [1.165, 1.54) is 24.8 Å². The molecule has 3 nitrogen and oxygen atoms in total. The van der Waals surface area contributed by atoms with Gasteiger partial charge in [-0.2, -0.15) is 0 Å². The SMILES string of the molecule is CCCCC(C)(C)c1cnc(OC)nc1. The summed E-state index contributed by atoms with van der Waals surface area (Å²) in [5, 5.41) is 0. The topological polar surface area (TPSA) is 35.0 Å². The number of hydrogen-bond donors (Lipinski definition) is 0. The van der Waals surface area contributed by atoms with Crippen LogP contribution in [0, 0.1) is 0 Å². The molecule has 0 radical (unpaired) electrons. The molecular formula is C12H20N2O. The Balaban J connectivity index is 2.75. The minimum absolute atomic E-state index is 0.155. The minimum Gasteiger partial charge on any atom is -0.467 e. The highest BCUT2D eigenvalue weighted by atomic mass is 16.5. The van der Waals surface area contributed by atoms with Gasteiger partial charge in [0.25, 0.3) is 0 Å². The molecular weight excluding hydrogens is 188 g/mol. The molecule has 0 bridgehead atoms. The van der Waals surface area contributed by atoms with Gasteiger partial charge in [-0.25, -0.2) is 9.97 Å². The molecule has 0 N–H and O–H groups in total. The van der Waals surface area contributed by atoms with Crippen molar-refractivity contribution in [3.63, 3.8) is 0 Å². The van der Waals surface area contributed by atoms with Crippen molar-refractivity contribution in [3.05, 3.63) is 18.0 Å². The van der Waals surface area contributed by atoms with Crippen LogP contribution in [0.1, 0.15) is 45.6 Å². The molecule has 3 heteroatoms. The standard InChI is InChI=1S/C12H20N2O/c1-5-6-7-12(2,3)10-8-13-11(15-4)14-9-10/h8-9H,5-7H2,1-4H3. The van der Waals surface area contributed by atoms with Gasteiger partial charge in [-0.1, -0.05) is 33.6 Å². The van der Waals surface area contributed by atoms with Crippen LogP contribution in [0.25, 0.3) is 0 Å². The first-order valence-electron chi connectivity index (χ1n) is 5.46. The Morgan fingerprint density at radius 2 is 1.87 bits per heavy atom. The fourth-order valence-corrected chi connectivity index (χ4v) is 1.53. The molecule has 0 saturated carbocycles. The lowest BCUT2D eigenvalue weighted by atomic mass is 9.82. The van der Waals surface area contributed by atoms with Crippen molar-refractivity contribution < 1.29 is 4.74 Å². The van der Waals surface area contributed by atoms with E-state index in [1.54, 1.807) is 7.11 Å². The summed E-state index contributed by atoms with van der Waals surface area (Å²) in [6.45, 7) is 6.67. The Morgan fingerprint density at radius 1 is 1.27 bits per heavy atom. The van der Waals surface area contributed by atoms with Gasteiger partial charge in [0.1, 0.15) is 0 Å². The van der Waals surface area contributed by atoms with Gasteiger partial charge >= 0.3 is 6.01 Å². The summed E-state index contributed by atoms with van der Waals surface area (Å²) in [7, 11) is 1.58. The largest absolute Gasteiger partial charge is 0.467 e. The quantitative estimate of drug-likeness (QED) is 0.746. The fourth-order valence-electron chi connectivity index (χ4n) is 1.53. The molecule has 0 aliphatic carbocycles.